The molecule has 7 heteroatoms. The Kier molecular flexibility index (Phi) is 5.78. The standard InChI is InChI=1S/C19H26N4O3/c1-23-12-14(9-22-23)16-10-20-11-17(16)19(24)21-7-6-13-4-5-15(25-2)8-18(13)26-3/h4-5,8-9,12,16-17,20H,6-7,10-11H2,1-3H3,(H,21,24)/t16-,17+/m1/s1. The number of carbonyl (C=O) groups excluding carboxylic acids is 1. The molecule has 7 nitrogen and oxygen atoms in total. The molecular weight excluding hydrogens is 332 g/mol. The topological polar surface area (TPSA) is 77.4 Å². The zero-order valence-electron chi connectivity index (χ0n) is 15.5. The first kappa shape index (κ1) is 18.3. The Balaban J connectivity index is 1.57. The van der Waals surface area contributed by atoms with Crippen molar-refractivity contribution in [2.45, 2.75) is 12.3 Å². The first-order valence-corrected chi connectivity index (χ1v) is 8.80. The molecule has 140 valence electrons. The van der Waals surface area contributed by atoms with Crippen molar-refractivity contribution >= 4 is 5.91 Å². The van der Waals surface area contributed by atoms with Gasteiger partial charge in [0.2, 0.25) is 5.91 Å². The molecule has 1 aromatic carbocycles. The molecule has 0 radical (unpaired) electrons. The number of amides is 1. The van der Waals surface area contributed by atoms with Gasteiger partial charge in [0.1, 0.15) is 11.5 Å². The summed E-state index contributed by atoms with van der Waals surface area (Å²) in [7, 11) is 5.16. The number of aromatic nitrogens is 2. The van der Waals surface area contributed by atoms with E-state index in [1.807, 2.05) is 37.6 Å². The number of benzene rings is 1. The number of hydrogen-bond acceptors (Lipinski definition) is 5. The van der Waals surface area contributed by atoms with Crippen LogP contribution in [0.15, 0.2) is 30.6 Å². The van der Waals surface area contributed by atoms with Gasteiger partial charge in [-0.15, -0.1) is 0 Å². The van der Waals surface area contributed by atoms with Gasteiger partial charge in [-0.1, -0.05) is 6.07 Å². The minimum absolute atomic E-state index is 0.0723. The fourth-order valence-electron chi connectivity index (χ4n) is 3.45. The quantitative estimate of drug-likeness (QED) is 0.775. The highest BCUT2D eigenvalue weighted by atomic mass is 16.5. The Hall–Kier alpha value is -2.54. The van der Waals surface area contributed by atoms with E-state index >= 15 is 0 Å². The molecule has 1 aliphatic rings. The highest BCUT2D eigenvalue weighted by molar-refractivity contribution is 5.80. The third-order valence-electron chi connectivity index (χ3n) is 4.89. The van der Waals surface area contributed by atoms with Gasteiger partial charge < -0.3 is 20.1 Å². The van der Waals surface area contributed by atoms with Gasteiger partial charge in [-0.3, -0.25) is 9.48 Å². The minimum atomic E-state index is -0.0723. The second-order valence-electron chi connectivity index (χ2n) is 6.54. The Morgan fingerprint density at radius 2 is 2.19 bits per heavy atom. The Morgan fingerprint density at radius 1 is 1.35 bits per heavy atom. The van der Waals surface area contributed by atoms with Crippen LogP contribution in [0.2, 0.25) is 0 Å². The first-order chi connectivity index (χ1) is 12.6. The number of carbonyl (C=O) groups is 1. The molecule has 1 fully saturated rings. The van der Waals surface area contributed by atoms with Crippen LogP contribution in [-0.2, 0) is 18.3 Å². The Morgan fingerprint density at radius 3 is 2.88 bits per heavy atom. The van der Waals surface area contributed by atoms with E-state index in [0.717, 1.165) is 29.2 Å². The predicted octanol–water partition coefficient (Wildman–Crippen LogP) is 1.10. The van der Waals surface area contributed by atoms with Crippen LogP contribution in [0.3, 0.4) is 0 Å². The second-order valence-corrected chi connectivity index (χ2v) is 6.54. The van der Waals surface area contributed by atoms with E-state index in [2.05, 4.69) is 15.7 Å². The van der Waals surface area contributed by atoms with Gasteiger partial charge in [-0.2, -0.15) is 5.10 Å². The molecule has 0 spiro atoms. The summed E-state index contributed by atoms with van der Waals surface area (Å²) >= 11 is 0. The van der Waals surface area contributed by atoms with Gasteiger partial charge >= 0.3 is 0 Å². The third kappa shape index (κ3) is 3.99. The number of methoxy groups -OCH3 is 2. The minimum Gasteiger partial charge on any atom is -0.497 e. The molecule has 0 aliphatic carbocycles. The maximum atomic E-state index is 12.7. The lowest BCUT2D eigenvalue weighted by molar-refractivity contribution is -0.124. The average molecular weight is 358 g/mol. The summed E-state index contributed by atoms with van der Waals surface area (Å²) in [6.07, 6.45) is 4.54. The van der Waals surface area contributed by atoms with Crippen LogP contribution < -0.4 is 20.1 Å². The van der Waals surface area contributed by atoms with Crippen molar-refractivity contribution in [3.05, 3.63) is 41.7 Å². The molecule has 1 aliphatic heterocycles. The fraction of sp³-hybridized carbons (Fsp3) is 0.474. The van der Waals surface area contributed by atoms with Crippen LogP contribution in [0.25, 0.3) is 0 Å². The van der Waals surface area contributed by atoms with Crippen molar-refractivity contribution < 1.29 is 14.3 Å². The van der Waals surface area contributed by atoms with Crippen molar-refractivity contribution in [2.75, 3.05) is 33.9 Å². The lowest BCUT2D eigenvalue weighted by Gasteiger charge is -2.17. The third-order valence-corrected chi connectivity index (χ3v) is 4.89. The first-order valence-electron chi connectivity index (χ1n) is 8.80. The van der Waals surface area contributed by atoms with E-state index in [9.17, 15) is 4.79 Å². The van der Waals surface area contributed by atoms with Crippen LogP contribution in [0.5, 0.6) is 11.5 Å². The lowest BCUT2D eigenvalue weighted by atomic mass is 9.90. The summed E-state index contributed by atoms with van der Waals surface area (Å²) in [6.45, 7) is 2.06. The fourth-order valence-corrected chi connectivity index (χ4v) is 3.45. The summed E-state index contributed by atoms with van der Waals surface area (Å²) in [4.78, 5) is 12.7. The molecule has 3 rings (SSSR count). The van der Waals surface area contributed by atoms with E-state index in [-0.39, 0.29) is 17.7 Å². The summed E-state index contributed by atoms with van der Waals surface area (Å²) in [5, 5.41) is 10.6. The second kappa shape index (κ2) is 8.23. The van der Waals surface area contributed by atoms with Crippen molar-refractivity contribution in [3.8, 4) is 11.5 Å². The largest absolute Gasteiger partial charge is 0.497 e. The van der Waals surface area contributed by atoms with Crippen LogP contribution >= 0.6 is 0 Å². The van der Waals surface area contributed by atoms with Crippen molar-refractivity contribution in [2.24, 2.45) is 13.0 Å². The van der Waals surface area contributed by atoms with Gasteiger partial charge in [-0.05, 0) is 23.6 Å². The van der Waals surface area contributed by atoms with Crippen molar-refractivity contribution in [3.63, 3.8) is 0 Å². The average Bonchev–Trinajstić information content (AvgIpc) is 3.30. The van der Waals surface area contributed by atoms with Gasteiger partial charge in [0.05, 0.1) is 26.3 Å². The normalized spacial score (nSPS) is 19.3. The monoisotopic (exact) mass is 358 g/mol. The SMILES string of the molecule is COc1ccc(CCNC(=O)[C@H]2CNC[C@@H]2c2cnn(C)c2)c(OC)c1. The molecule has 2 heterocycles. The maximum Gasteiger partial charge on any atom is 0.225 e. The number of ether oxygens (including phenoxy) is 2. The zero-order chi connectivity index (χ0) is 18.5. The van der Waals surface area contributed by atoms with E-state index in [4.69, 9.17) is 9.47 Å². The van der Waals surface area contributed by atoms with E-state index in [1.165, 1.54) is 0 Å². The van der Waals surface area contributed by atoms with Gasteiger partial charge in [-0.25, -0.2) is 0 Å². The Labute approximate surface area is 153 Å². The molecule has 0 unspecified atom stereocenters. The van der Waals surface area contributed by atoms with Crippen LogP contribution in [0.1, 0.15) is 17.0 Å². The molecular formula is C19H26N4O3. The molecule has 2 atom stereocenters. The highest BCUT2D eigenvalue weighted by Gasteiger charge is 2.34. The number of nitrogens with zero attached hydrogens (tertiary/aromatic N) is 2. The van der Waals surface area contributed by atoms with Crippen molar-refractivity contribution in [1.29, 1.82) is 0 Å². The smallest absolute Gasteiger partial charge is 0.225 e. The summed E-state index contributed by atoms with van der Waals surface area (Å²) in [5.74, 6) is 1.70. The molecule has 2 aromatic rings. The van der Waals surface area contributed by atoms with Gasteiger partial charge in [0.25, 0.3) is 0 Å². The summed E-state index contributed by atoms with van der Waals surface area (Å²) < 4.78 is 12.4. The van der Waals surface area contributed by atoms with Crippen LogP contribution in [0.4, 0.5) is 0 Å². The summed E-state index contributed by atoms with van der Waals surface area (Å²) in [6, 6.07) is 5.73. The van der Waals surface area contributed by atoms with E-state index < -0.39 is 0 Å². The number of nitrogens with one attached hydrogen (secondary N) is 2. The molecule has 1 amide bonds. The molecule has 1 aromatic heterocycles. The molecule has 0 saturated carbocycles. The van der Waals surface area contributed by atoms with E-state index in [0.29, 0.717) is 19.5 Å². The lowest BCUT2D eigenvalue weighted by Crippen LogP contribution is -2.35. The zero-order valence-corrected chi connectivity index (χ0v) is 15.5. The number of hydrogen-bond donors (Lipinski definition) is 2. The van der Waals surface area contributed by atoms with Gasteiger partial charge in [0.15, 0.2) is 0 Å². The van der Waals surface area contributed by atoms with E-state index in [1.54, 1.807) is 18.9 Å². The maximum absolute atomic E-state index is 12.7. The molecule has 2 N–H and O–H groups in total. The molecule has 26 heavy (non-hydrogen) atoms. The predicted molar refractivity (Wildman–Crippen MR) is 98.6 cm³/mol. The van der Waals surface area contributed by atoms with Crippen molar-refractivity contribution in [1.82, 2.24) is 20.4 Å². The van der Waals surface area contributed by atoms with Crippen LogP contribution in [0, 0.1) is 5.92 Å². The molecule has 0 bridgehead atoms. The number of aryl methyl sites for hydroxylation is 1. The molecule has 1 saturated heterocycles. The highest BCUT2D eigenvalue weighted by Crippen LogP contribution is 2.28. The Bertz CT molecular complexity index is 759. The summed E-state index contributed by atoms with van der Waals surface area (Å²) in [5.41, 5.74) is 2.15. The van der Waals surface area contributed by atoms with Crippen LogP contribution in [-0.4, -0.2) is 49.5 Å². The number of rotatable bonds is 7. The van der Waals surface area contributed by atoms with Gasteiger partial charge in [0, 0.05) is 44.9 Å².